The Bertz CT molecular complexity index is 563. The van der Waals surface area contributed by atoms with Gasteiger partial charge >= 0.3 is 0 Å². The SMILES string of the molecule is CNC(Cc1nc(C)c(C)s1)c1ccc(Br)cc1Cl. The van der Waals surface area contributed by atoms with Crippen LogP contribution in [-0.4, -0.2) is 12.0 Å². The van der Waals surface area contributed by atoms with Crippen LogP contribution in [0.1, 0.15) is 27.2 Å². The first-order chi connectivity index (χ1) is 9.01. The smallest absolute Gasteiger partial charge is 0.0949 e. The predicted octanol–water partition coefficient (Wildman–Crippen LogP) is 4.68. The lowest BCUT2D eigenvalue weighted by atomic mass is 10.0. The molecule has 0 amide bonds. The number of hydrogen-bond acceptors (Lipinski definition) is 3. The highest BCUT2D eigenvalue weighted by Crippen LogP contribution is 2.29. The summed E-state index contributed by atoms with van der Waals surface area (Å²) >= 11 is 11.5. The average molecular weight is 360 g/mol. The van der Waals surface area contributed by atoms with Gasteiger partial charge in [-0.25, -0.2) is 4.98 Å². The molecule has 0 bridgehead atoms. The summed E-state index contributed by atoms with van der Waals surface area (Å²) in [6.07, 6.45) is 0.858. The molecule has 1 heterocycles. The molecule has 0 spiro atoms. The Hall–Kier alpha value is -0.420. The summed E-state index contributed by atoms with van der Waals surface area (Å²) < 4.78 is 0.997. The number of benzene rings is 1. The molecule has 1 N–H and O–H groups in total. The van der Waals surface area contributed by atoms with Crippen LogP contribution in [0.15, 0.2) is 22.7 Å². The lowest BCUT2D eigenvalue weighted by molar-refractivity contribution is 0.590. The summed E-state index contributed by atoms with van der Waals surface area (Å²) in [5, 5.41) is 5.25. The highest BCUT2D eigenvalue weighted by Gasteiger charge is 2.16. The first kappa shape index (κ1) is 15.0. The van der Waals surface area contributed by atoms with Gasteiger partial charge in [-0.05, 0) is 38.6 Å². The highest BCUT2D eigenvalue weighted by molar-refractivity contribution is 9.10. The Labute approximate surface area is 131 Å². The minimum atomic E-state index is 0.186. The molecule has 0 saturated heterocycles. The number of nitrogens with zero attached hydrogens (tertiary/aromatic N) is 1. The molecule has 2 nitrogen and oxygen atoms in total. The van der Waals surface area contributed by atoms with E-state index < -0.39 is 0 Å². The molecule has 5 heteroatoms. The van der Waals surface area contributed by atoms with Crippen molar-refractivity contribution in [3.8, 4) is 0 Å². The van der Waals surface area contributed by atoms with E-state index in [1.165, 1.54) is 4.88 Å². The summed E-state index contributed by atoms with van der Waals surface area (Å²) in [6, 6.07) is 6.19. The summed E-state index contributed by atoms with van der Waals surface area (Å²) in [5.41, 5.74) is 2.23. The van der Waals surface area contributed by atoms with Crippen molar-refractivity contribution in [2.24, 2.45) is 0 Å². The largest absolute Gasteiger partial charge is 0.313 e. The maximum absolute atomic E-state index is 6.32. The maximum atomic E-state index is 6.32. The number of aryl methyl sites for hydroxylation is 2. The van der Waals surface area contributed by atoms with Crippen LogP contribution >= 0.6 is 38.9 Å². The zero-order valence-corrected chi connectivity index (χ0v) is 14.3. The van der Waals surface area contributed by atoms with Gasteiger partial charge in [0.25, 0.3) is 0 Å². The van der Waals surface area contributed by atoms with Gasteiger partial charge in [-0.3, -0.25) is 0 Å². The lowest BCUT2D eigenvalue weighted by Gasteiger charge is -2.17. The molecule has 0 aliphatic heterocycles. The first-order valence-corrected chi connectivity index (χ1v) is 8.05. The second-order valence-electron chi connectivity index (χ2n) is 4.46. The molecule has 2 aromatic rings. The van der Waals surface area contributed by atoms with Gasteiger partial charge in [0.05, 0.1) is 10.7 Å². The van der Waals surface area contributed by atoms with E-state index in [4.69, 9.17) is 11.6 Å². The van der Waals surface area contributed by atoms with Crippen molar-refractivity contribution in [3.05, 3.63) is 48.8 Å². The van der Waals surface area contributed by atoms with Gasteiger partial charge in [0.15, 0.2) is 0 Å². The molecule has 0 aliphatic carbocycles. The average Bonchev–Trinajstić information content (AvgIpc) is 2.66. The normalized spacial score (nSPS) is 12.7. The quantitative estimate of drug-likeness (QED) is 0.857. The zero-order chi connectivity index (χ0) is 14.0. The molecule has 1 aromatic carbocycles. The summed E-state index contributed by atoms with van der Waals surface area (Å²) in [7, 11) is 1.95. The van der Waals surface area contributed by atoms with Crippen LogP contribution in [0.25, 0.3) is 0 Å². The molecule has 1 aromatic heterocycles. The van der Waals surface area contributed by atoms with Crippen molar-refractivity contribution in [1.82, 2.24) is 10.3 Å². The number of hydrogen-bond donors (Lipinski definition) is 1. The number of thiazole rings is 1. The van der Waals surface area contributed by atoms with Crippen molar-refractivity contribution in [2.45, 2.75) is 26.3 Å². The lowest BCUT2D eigenvalue weighted by Crippen LogP contribution is -2.19. The van der Waals surface area contributed by atoms with Gasteiger partial charge in [0, 0.05) is 26.8 Å². The molecule has 0 aliphatic rings. The first-order valence-electron chi connectivity index (χ1n) is 6.06. The number of likely N-dealkylation sites (N-methyl/N-ethyl adjacent to an activating group) is 1. The van der Waals surface area contributed by atoms with E-state index in [1.807, 2.05) is 19.2 Å². The van der Waals surface area contributed by atoms with E-state index in [0.717, 1.165) is 32.2 Å². The van der Waals surface area contributed by atoms with E-state index in [0.29, 0.717) is 0 Å². The van der Waals surface area contributed by atoms with Crippen LogP contribution in [0.2, 0.25) is 5.02 Å². The highest BCUT2D eigenvalue weighted by atomic mass is 79.9. The minimum Gasteiger partial charge on any atom is -0.313 e. The molecule has 19 heavy (non-hydrogen) atoms. The third kappa shape index (κ3) is 3.57. The van der Waals surface area contributed by atoms with E-state index in [1.54, 1.807) is 11.3 Å². The Morgan fingerprint density at radius 3 is 2.68 bits per heavy atom. The Morgan fingerprint density at radius 2 is 2.16 bits per heavy atom. The topological polar surface area (TPSA) is 24.9 Å². The van der Waals surface area contributed by atoms with Crippen molar-refractivity contribution in [1.29, 1.82) is 0 Å². The van der Waals surface area contributed by atoms with E-state index in [9.17, 15) is 0 Å². The summed E-state index contributed by atoms with van der Waals surface area (Å²) in [4.78, 5) is 5.88. The third-order valence-electron chi connectivity index (χ3n) is 3.14. The number of nitrogens with one attached hydrogen (secondary N) is 1. The number of aromatic nitrogens is 1. The monoisotopic (exact) mass is 358 g/mol. The standard InChI is InChI=1S/C14H16BrClN2S/c1-8-9(2)19-14(18-8)7-13(17-3)11-5-4-10(15)6-12(11)16/h4-6,13,17H,7H2,1-3H3. The number of rotatable bonds is 4. The minimum absolute atomic E-state index is 0.186. The van der Waals surface area contributed by atoms with Gasteiger partial charge in [-0.1, -0.05) is 33.6 Å². The second kappa shape index (κ2) is 6.35. The summed E-state index contributed by atoms with van der Waals surface area (Å²) in [5.74, 6) is 0. The van der Waals surface area contributed by atoms with E-state index >= 15 is 0 Å². The molecule has 0 fully saturated rings. The third-order valence-corrected chi connectivity index (χ3v) is 5.05. The van der Waals surface area contributed by atoms with E-state index in [2.05, 4.69) is 46.1 Å². The molecule has 1 unspecified atom stereocenters. The molecule has 102 valence electrons. The molecule has 2 rings (SSSR count). The van der Waals surface area contributed by atoms with Crippen LogP contribution in [0.3, 0.4) is 0 Å². The Kier molecular flexibility index (Phi) is 5.01. The van der Waals surface area contributed by atoms with Gasteiger partial charge in [0.1, 0.15) is 0 Å². The summed E-state index contributed by atoms with van der Waals surface area (Å²) in [6.45, 7) is 4.16. The predicted molar refractivity (Wildman–Crippen MR) is 86.2 cm³/mol. The Morgan fingerprint density at radius 1 is 1.42 bits per heavy atom. The zero-order valence-electron chi connectivity index (χ0n) is 11.1. The van der Waals surface area contributed by atoms with Crippen LogP contribution < -0.4 is 5.32 Å². The molecule has 1 atom stereocenters. The number of halogens is 2. The fraction of sp³-hybridized carbons (Fsp3) is 0.357. The van der Waals surface area contributed by atoms with E-state index in [-0.39, 0.29) is 6.04 Å². The van der Waals surface area contributed by atoms with Crippen molar-refractivity contribution in [2.75, 3.05) is 7.05 Å². The van der Waals surface area contributed by atoms with Gasteiger partial charge < -0.3 is 5.32 Å². The fourth-order valence-electron chi connectivity index (χ4n) is 1.95. The fourth-order valence-corrected chi connectivity index (χ4v) is 3.74. The van der Waals surface area contributed by atoms with Crippen LogP contribution in [0.4, 0.5) is 0 Å². The van der Waals surface area contributed by atoms with Crippen molar-refractivity contribution >= 4 is 38.9 Å². The Balaban J connectivity index is 2.24. The second-order valence-corrected chi connectivity index (χ2v) is 7.07. The van der Waals surface area contributed by atoms with Crippen molar-refractivity contribution < 1.29 is 0 Å². The van der Waals surface area contributed by atoms with Crippen LogP contribution in [-0.2, 0) is 6.42 Å². The van der Waals surface area contributed by atoms with Gasteiger partial charge in [-0.15, -0.1) is 11.3 Å². The van der Waals surface area contributed by atoms with Gasteiger partial charge in [0.2, 0.25) is 0 Å². The van der Waals surface area contributed by atoms with Gasteiger partial charge in [-0.2, -0.15) is 0 Å². The van der Waals surface area contributed by atoms with Crippen molar-refractivity contribution in [3.63, 3.8) is 0 Å². The maximum Gasteiger partial charge on any atom is 0.0949 e. The van der Waals surface area contributed by atoms with Crippen LogP contribution in [0, 0.1) is 13.8 Å². The molecular formula is C14H16BrClN2S. The molecule has 0 radical (unpaired) electrons. The molecule has 0 saturated carbocycles. The van der Waals surface area contributed by atoms with Crippen LogP contribution in [0.5, 0.6) is 0 Å². The molecular weight excluding hydrogens is 344 g/mol.